The monoisotopic (exact) mass is 276 g/mol. The van der Waals surface area contributed by atoms with Crippen LogP contribution in [0.2, 0.25) is 0 Å². The summed E-state index contributed by atoms with van der Waals surface area (Å²) in [7, 11) is 0. The molecule has 0 aromatic heterocycles. The maximum Gasteiger partial charge on any atom is 0.341 e. The first-order chi connectivity index (χ1) is 9.43. The summed E-state index contributed by atoms with van der Waals surface area (Å²) >= 11 is 0. The van der Waals surface area contributed by atoms with Crippen molar-refractivity contribution < 1.29 is 14.6 Å². The average Bonchev–Trinajstić information content (AvgIpc) is 2.65. The van der Waals surface area contributed by atoms with Gasteiger partial charge in [0.2, 0.25) is 0 Å². The first kappa shape index (κ1) is 14.9. The molecule has 2 rings (SSSR count). The summed E-state index contributed by atoms with van der Waals surface area (Å²) in [5.74, 6) is 0.871. The Morgan fingerprint density at radius 2 is 2.05 bits per heavy atom. The third kappa shape index (κ3) is 2.97. The van der Waals surface area contributed by atoms with Gasteiger partial charge in [-0.1, -0.05) is 32.9 Å². The smallest absolute Gasteiger partial charge is 0.341 e. The Hall–Kier alpha value is -1.51. The van der Waals surface area contributed by atoms with Crippen LogP contribution >= 0.6 is 0 Å². The average molecular weight is 276 g/mol. The molecule has 0 aliphatic heterocycles. The first-order valence-electron chi connectivity index (χ1n) is 7.38. The molecule has 1 aliphatic rings. The summed E-state index contributed by atoms with van der Waals surface area (Å²) in [4.78, 5) is 11.9. The van der Waals surface area contributed by atoms with Crippen molar-refractivity contribution in [1.29, 1.82) is 0 Å². The molecule has 1 aromatic rings. The minimum absolute atomic E-state index is 0.0210. The van der Waals surface area contributed by atoms with Crippen LogP contribution in [0.15, 0.2) is 24.3 Å². The van der Waals surface area contributed by atoms with Crippen molar-refractivity contribution in [3.8, 4) is 5.75 Å². The number of phenolic OH excluding ortho intramolecular Hbond substituents is 1. The lowest BCUT2D eigenvalue weighted by Crippen LogP contribution is -2.24. The Kier molecular flexibility index (Phi) is 4.36. The van der Waals surface area contributed by atoms with E-state index in [1.165, 1.54) is 18.9 Å². The quantitative estimate of drug-likeness (QED) is 0.845. The standard InChI is InChI=1S/C17H24O3/c1-12-8-9-13(17(12,2)3)10-11-20-16(19)14-6-4-5-7-15(14)18/h4-7,12-13,18H,8-11H2,1-3H3. The fourth-order valence-corrected chi connectivity index (χ4v) is 3.13. The third-order valence-electron chi connectivity index (χ3n) is 5.09. The minimum Gasteiger partial charge on any atom is -0.507 e. The Labute approximate surface area is 121 Å². The van der Waals surface area contributed by atoms with Crippen molar-refractivity contribution in [3.05, 3.63) is 29.8 Å². The fourth-order valence-electron chi connectivity index (χ4n) is 3.13. The van der Waals surface area contributed by atoms with E-state index in [1.807, 2.05) is 0 Å². The summed E-state index contributed by atoms with van der Waals surface area (Å²) in [5, 5.41) is 9.61. The van der Waals surface area contributed by atoms with Crippen LogP contribution in [0.3, 0.4) is 0 Å². The predicted molar refractivity (Wildman–Crippen MR) is 78.7 cm³/mol. The van der Waals surface area contributed by atoms with Gasteiger partial charge in [-0.25, -0.2) is 4.79 Å². The van der Waals surface area contributed by atoms with Crippen molar-refractivity contribution in [1.82, 2.24) is 0 Å². The molecule has 0 bridgehead atoms. The van der Waals surface area contributed by atoms with Crippen LogP contribution in [0, 0.1) is 17.3 Å². The van der Waals surface area contributed by atoms with Crippen LogP contribution in [-0.4, -0.2) is 17.7 Å². The van der Waals surface area contributed by atoms with Crippen molar-refractivity contribution in [2.45, 2.75) is 40.0 Å². The van der Waals surface area contributed by atoms with E-state index in [1.54, 1.807) is 18.2 Å². The summed E-state index contributed by atoms with van der Waals surface area (Å²) in [6.07, 6.45) is 3.37. The first-order valence-corrected chi connectivity index (χ1v) is 7.38. The van der Waals surface area contributed by atoms with Crippen molar-refractivity contribution in [3.63, 3.8) is 0 Å². The number of para-hydroxylation sites is 1. The lowest BCUT2D eigenvalue weighted by Gasteiger charge is -2.31. The van der Waals surface area contributed by atoms with Gasteiger partial charge in [-0.05, 0) is 48.6 Å². The second kappa shape index (κ2) is 5.86. The van der Waals surface area contributed by atoms with Crippen molar-refractivity contribution >= 4 is 5.97 Å². The number of hydrogen-bond acceptors (Lipinski definition) is 3. The molecule has 0 amide bonds. The zero-order valence-corrected chi connectivity index (χ0v) is 12.6. The van der Waals surface area contributed by atoms with Crippen LogP contribution < -0.4 is 0 Å². The second-order valence-corrected chi connectivity index (χ2v) is 6.44. The number of phenols is 1. The van der Waals surface area contributed by atoms with Crippen LogP contribution in [-0.2, 0) is 4.74 Å². The third-order valence-corrected chi connectivity index (χ3v) is 5.09. The molecule has 3 heteroatoms. The zero-order chi connectivity index (χ0) is 14.8. The van der Waals surface area contributed by atoms with Gasteiger partial charge in [-0.15, -0.1) is 0 Å². The maximum absolute atomic E-state index is 11.9. The molecular weight excluding hydrogens is 252 g/mol. The van der Waals surface area contributed by atoms with Gasteiger partial charge in [0.05, 0.1) is 6.61 Å². The molecule has 20 heavy (non-hydrogen) atoms. The number of rotatable bonds is 4. The minimum atomic E-state index is -0.438. The summed E-state index contributed by atoms with van der Waals surface area (Å²) in [6.45, 7) is 7.34. The number of aromatic hydroxyl groups is 1. The van der Waals surface area contributed by atoms with E-state index in [4.69, 9.17) is 4.74 Å². The number of benzene rings is 1. The topological polar surface area (TPSA) is 46.5 Å². The fraction of sp³-hybridized carbons (Fsp3) is 0.588. The van der Waals surface area contributed by atoms with E-state index >= 15 is 0 Å². The summed E-state index contributed by atoms with van der Waals surface area (Å²) in [6, 6.07) is 6.49. The molecule has 2 atom stereocenters. The molecular formula is C17H24O3. The highest BCUT2D eigenvalue weighted by Crippen LogP contribution is 2.48. The number of carbonyl (C=O) groups excluding carboxylic acids is 1. The molecule has 1 N–H and O–H groups in total. The highest BCUT2D eigenvalue weighted by atomic mass is 16.5. The summed E-state index contributed by atoms with van der Waals surface area (Å²) < 4.78 is 5.30. The zero-order valence-electron chi connectivity index (χ0n) is 12.6. The van der Waals surface area contributed by atoms with Crippen LogP contribution in [0.25, 0.3) is 0 Å². The van der Waals surface area contributed by atoms with Crippen molar-refractivity contribution in [2.24, 2.45) is 17.3 Å². The molecule has 110 valence electrons. The molecule has 1 saturated carbocycles. The Balaban J connectivity index is 1.85. The molecule has 2 unspecified atom stereocenters. The van der Waals surface area contributed by atoms with E-state index in [0.717, 1.165) is 12.3 Å². The van der Waals surface area contributed by atoms with E-state index in [-0.39, 0.29) is 11.3 Å². The molecule has 0 heterocycles. The van der Waals surface area contributed by atoms with Crippen LogP contribution in [0.1, 0.15) is 50.4 Å². The van der Waals surface area contributed by atoms with Gasteiger partial charge < -0.3 is 9.84 Å². The Morgan fingerprint density at radius 1 is 1.35 bits per heavy atom. The van der Waals surface area contributed by atoms with E-state index in [2.05, 4.69) is 20.8 Å². The Morgan fingerprint density at radius 3 is 2.65 bits per heavy atom. The van der Waals surface area contributed by atoms with Crippen LogP contribution in [0.5, 0.6) is 5.75 Å². The SMILES string of the molecule is CC1CCC(CCOC(=O)c2ccccc2O)C1(C)C. The predicted octanol–water partition coefficient (Wildman–Crippen LogP) is 4.01. The highest BCUT2D eigenvalue weighted by molar-refractivity contribution is 5.92. The Bertz CT molecular complexity index is 479. The highest BCUT2D eigenvalue weighted by Gasteiger charge is 2.39. The molecule has 0 saturated heterocycles. The maximum atomic E-state index is 11.9. The molecule has 0 radical (unpaired) electrons. The lowest BCUT2D eigenvalue weighted by molar-refractivity contribution is 0.0445. The van der Waals surface area contributed by atoms with Gasteiger partial charge in [-0.2, -0.15) is 0 Å². The normalized spacial score (nSPS) is 24.6. The van der Waals surface area contributed by atoms with Crippen molar-refractivity contribution in [2.75, 3.05) is 6.61 Å². The van der Waals surface area contributed by atoms with E-state index < -0.39 is 5.97 Å². The second-order valence-electron chi connectivity index (χ2n) is 6.44. The number of ether oxygens (including phenoxy) is 1. The molecule has 1 aromatic carbocycles. The molecule has 1 aliphatic carbocycles. The lowest BCUT2D eigenvalue weighted by atomic mass is 9.75. The van der Waals surface area contributed by atoms with Gasteiger partial charge in [0.15, 0.2) is 0 Å². The molecule has 1 fully saturated rings. The summed E-state index contributed by atoms with van der Waals surface area (Å²) in [5.41, 5.74) is 0.563. The van der Waals surface area contributed by atoms with Gasteiger partial charge >= 0.3 is 5.97 Å². The van der Waals surface area contributed by atoms with Gasteiger partial charge in [0.25, 0.3) is 0 Å². The molecule has 0 spiro atoms. The van der Waals surface area contributed by atoms with Crippen LogP contribution in [0.4, 0.5) is 0 Å². The number of esters is 1. The van der Waals surface area contributed by atoms with Gasteiger partial charge in [-0.3, -0.25) is 0 Å². The molecule has 3 nitrogen and oxygen atoms in total. The van der Waals surface area contributed by atoms with Gasteiger partial charge in [0.1, 0.15) is 11.3 Å². The number of carbonyl (C=O) groups is 1. The largest absolute Gasteiger partial charge is 0.507 e. The van der Waals surface area contributed by atoms with E-state index in [0.29, 0.717) is 17.9 Å². The van der Waals surface area contributed by atoms with Gasteiger partial charge in [0, 0.05) is 0 Å². The number of hydrogen-bond donors (Lipinski definition) is 1. The van der Waals surface area contributed by atoms with E-state index in [9.17, 15) is 9.90 Å².